The van der Waals surface area contributed by atoms with E-state index in [0.717, 1.165) is 25.6 Å². The van der Waals surface area contributed by atoms with Crippen molar-refractivity contribution in [1.82, 2.24) is 10.2 Å². The highest BCUT2D eigenvalue weighted by Gasteiger charge is 2.25. The van der Waals surface area contributed by atoms with Crippen LogP contribution in [0.2, 0.25) is 0 Å². The van der Waals surface area contributed by atoms with Gasteiger partial charge in [-0.2, -0.15) is 0 Å². The molecule has 0 bridgehead atoms. The standard InChI is InChI=1S/C18H30N2/c1-4-11-19-12-17-7-5-6-8-18(17)14-20(15(2)3)13-16-9-10-16/h5-8,15-16,19H,4,9-14H2,1-3H3. The smallest absolute Gasteiger partial charge is 0.0239 e. The average Bonchev–Trinajstić information content (AvgIpc) is 3.24. The van der Waals surface area contributed by atoms with Gasteiger partial charge in [-0.05, 0) is 56.7 Å². The Kier molecular flexibility index (Phi) is 6.06. The summed E-state index contributed by atoms with van der Waals surface area (Å²) in [6.45, 7) is 11.3. The molecule has 1 aromatic carbocycles. The van der Waals surface area contributed by atoms with Crippen LogP contribution in [0.25, 0.3) is 0 Å². The minimum Gasteiger partial charge on any atom is -0.313 e. The summed E-state index contributed by atoms with van der Waals surface area (Å²) in [4.78, 5) is 2.64. The molecule has 1 N–H and O–H groups in total. The van der Waals surface area contributed by atoms with Gasteiger partial charge in [0.05, 0.1) is 0 Å². The lowest BCUT2D eigenvalue weighted by Crippen LogP contribution is -2.32. The van der Waals surface area contributed by atoms with Gasteiger partial charge < -0.3 is 5.32 Å². The minimum absolute atomic E-state index is 0.632. The lowest BCUT2D eigenvalue weighted by atomic mass is 10.1. The SMILES string of the molecule is CCCNCc1ccccc1CN(CC1CC1)C(C)C. The Morgan fingerprint density at radius 3 is 2.50 bits per heavy atom. The van der Waals surface area contributed by atoms with E-state index in [0.29, 0.717) is 6.04 Å². The molecule has 0 radical (unpaired) electrons. The monoisotopic (exact) mass is 274 g/mol. The molecule has 0 saturated heterocycles. The van der Waals surface area contributed by atoms with Crippen LogP contribution in [-0.4, -0.2) is 24.0 Å². The van der Waals surface area contributed by atoms with Crippen molar-refractivity contribution in [3.05, 3.63) is 35.4 Å². The summed E-state index contributed by atoms with van der Waals surface area (Å²) in [5.74, 6) is 0.961. The fourth-order valence-electron chi connectivity index (χ4n) is 2.59. The van der Waals surface area contributed by atoms with Crippen LogP contribution in [0.5, 0.6) is 0 Å². The molecule has 0 atom stereocenters. The highest BCUT2D eigenvalue weighted by molar-refractivity contribution is 5.27. The lowest BCUT2D eigenvalue weighted by Gasteiger charge is -2.27. The van der Waals surface area contributed by atoms with Crippen molar-refractivity contribution < 1.29 is 0 Å². The second-order valence-electron chi connectivity index (χ2n) is 6.41. The van der Waals surface area contributed by atoms with Crippen molar-refractivity contribution >= 4 is 0 Å². The molecule has 0 spiro atoms. The van der Waals surface area contributed by atoms with Gasteiger partial charge in [-0.25, -0.2) is 0 Å². The lowest BCUT2D eigenvalue weighted by molar-refractivity contribution is 0.203. The molecule has 20 heavy (non-hydrogen) atoms. The highest BCUT2D eigenvalue weighted by atomic mass is 15.1. The van der Waals surface area contributed by atoms with Crippen LogP contribution in [0.4, 0.5) is 0 Å². The Hall–Kier alpha value is -0.860. The maximum absolute atomic E-state index is 3.53. The zero-order valence-electron chi connectivity index (χ0n) is 13.4. The average molecular weight is 274 g/mol. The summed E-state index contributed by atoms with van der Waals surface area (Å²) in [6.07, 6.45) is 4.06. The third kappa shape index (κ3) is 4.92. The maximum Gasteiger partial charge on any atom is 0.0239 e. The first kappa shape index (κ1) is 15.5. The normalized spacial score (nSPS) is 15.2. The first-order chi connectivity index (χ1) is 9.70. The summed E-state index contributed by atoms with van der Waals surface area (Å²) in [6, 6.07) is 9.53. The number of hydrogen-bond acceptors (Lipinski definition) is 2. The van der Waals surface area contributed by atoms with Gasteiger partial charge in [-0.15, -0.1) is 0 Å². The van der Waals surface area contributed by atoms with Crippen molar-refractivity contribution in [3.8, 4) is 0 Å². The van der Waals surface area contributed by atoms with Crippen molar-refractivity contribution in [3.63, 3.8) is 0 Å². The Labute approximate surface area is 124 Å². The van der Waals surface area contributed by atoms with Crippen LogP contribution in [0.1, 0.15) is 51.2 Å². The first-order valence-electron chi connectivity index (χ1n) is 8.22. The fourth-order valence-corrected chi connectivity index (χ4v) is 2.59. The van der Waals surface area contributed by atoms with Gasteiger partial charge in [0, 0.05) is 25.7 Å². The summed E-state index contributed by atoms with van der Waals surface area (Å²) >= 11 is 0. The van der Waals surface area contributed by atoms with Crippen LogP contribution in [0, 0.1) is 5.92 Å². The van der Waals surface area contributed by atoms with E-state index in [4.69, 9.17) is 0 Å². The summed E-state index contributed by atoms with van der Waals surface area (Å²) in [5, 5.41) is 3.53. The van der Waals surface area contributed by atoms with Crippen molar-refractivity contribution in [2.24, 2.45) is 5.92 Å². The molecule has 0 unspecified atom stereocenters. The van der Waals surface area contributed by atoms with Crippen molar-refractivity contribution in [2.75, 3.05) is 13.1 Å². The third-order valence-electron chi connectivity index (χ3n) is 4.15. The molecule has 0 aromatic heterocycles. The predicted octanol–water partition coefficient (Wildman–Crippen LogP) is 3.81. The molecular formula is C18H30N2. The Morgan fingerprint density at radius 2 is 1.90 bits per heavy atom. The van der Waals surface area contributed by atoms with Crippen LogP contribution >= 0.6 is 0 Å². The Balaban J connectivity index is 1.98. The van der Waals surface area contributed by atoms with Gasteiger partial charge in [0.15, 0.2) is 0 Å². The van der Waals surface area contributed by atoms with E-state index in [1.807, 2.05) is 0 Å². The molecule has 1 fully saturated rings. The van der Waals surface area contributed by atoms with Gasteiger partial charge in [0.2, 0.25) is 0 Å². The van der Waals surface area contributed by atoms with Gasteiger partial charge in [0.1, 0.15) is 0 Å². The zero-order chi connectivity index (χ0) is 14.4. The molecular weight excluding hydrogens is 244 g/mol. The third-order valence-corrected chi connectivity index (χ3v) is 4.15. The maximum atomic E-state index is 3.53. The van der Waals surface area contributed by atoms with Gasteiger partial charge >= 0.3 is 0 Å². The molecule has 0 aliphatic heterocycles. The number of rotatable bonds is 9. The molecule has 1 saturated carbocycles. The molecule has 0 amide bonds. The van der Waals surface area contributed by atoms with E-state index in [1.54, 1.807) is 0 Å². The van der Waals surface area contributed by atoms with Crippen LogP contribution in [0.3, 0.4) is 0 Å². The van der Waals surface area contributed by atoms with Gasteiger partial charge in [-0.1, -0.05) is 31.2 Å². The summed E-state index contributed by atoms with van der Waals surface area (Å²) in [7, 11) is 0. The molecule has 1 aliphatic carbocycles. The van der Waals surface area contributed by atoms with Crippen LogP contribution < -0.4 is 5.32 Å². The number of hydrogen-bond donors (Lipinski definition) is 1. The predicted molar refractivity (Wildman–Crippen MR) is 86.7 cm³/mol. The minimum atomic E-state index is 0.632. The van der Waals surface area contributed by atoms with E-state index in [1.165, 1.54) is 36.9 Å². The van der Waals surface area contributed by atoms with E-state index < -0.39 is 0 Å². The first-order valence-corrected chi connectivity index (χ1v) is 8.22. The molecule has 112 valence electrons. The molecule has 2 nitrogen and oxygen atoms in total. The zero-order valence-corrected chi connectivity index (χ0v) is 13.4. The second-order valence-corrected chi connectivity index (χ2v) is 6.41. The molecule has 2 rings (SSSR count). The number of benzene rings is 1. The Bertz CT molecular complexity index is 396. The van der Waals surface area contributed by atoms with Gasteiger partial charge in [0.25, 0.3) is 0 Å². The topological polar surface area (TPSA) is 15.3 Å². The number of nitrogens with one attached hydrogen (secondary N) is 1. The quantitative estimate of drug-likeness (QED) is 0.689. The van der Waals surface area contributed by atoms with Crippen molar-refractivity contribution in [1.29, 1.82) is 0 Å². The van der Waals surface area contributed by atoms with Gasteiger partial charge in [-0.3, -0.25) is 4.90 Å². The van der Waals surface area contributed by atoms with Crippen LogP contribution in [-0.2, 0) is 13.1 Å². The fraction of sp³-hybridized carbons (Fsp3) is 0.667. The molecule has 0 heterocycles. The molecule has 1 aromatic rings. The largest absolute Gasteiger partial charge is 0.313 e. The molecule has 2 heteroatoms. The van der Waals surface area contributed by atoms with E-state index in [2.05, 4.69) is 55.3 Å². The Morgan fingerprint density at radius 1 is 1.20 bits per heavy atom. The highest BCUT2D eigenvalue weighted by Crippen LogP contribution is 2.31. The summed E-state index contributed by atoms with van der Waals surface area (Å²) in [5.41, 5.74) is 2.95. The van der Waals surface area contributed by atoms with Crippen molar-refractivity contribution in [2.45, 2.75) is 59.2 Å². The van der Waals surface area contributed by atoms with E-state index in [-0.39, 0.29) is 0 Å². The van der Waals surface area contributed by atoms with E-state index >= 15 is 0 Å². The van der Waals surface area contributed by atoms with E-state index in [9.17, 15) is 0 Å². The summed E-state index contributed by atoms with van der Waals surface area (Å²) < 4.78 is 0. The molecule has 1 aliphatic rings. The second kappa shape index (κ2) is 7.80. The number of nitrogens with zero attached hydrogens (tertiary/aromatic N) is 1. The van der Waals surface area contributed by atoms with Crippen LogP contribution in [0.15, 0.2) is 24.3 Å².